The normalized spacial score (nSPS) is 11.1. The van der Waals surface area contributed by atoms with Crippen LogP contribution in [-0.4, -0.2) is 23.9 Å². The van der Waals surface area contributed by atoms with E-state index in [0.717, 1.165) is 4.57 Å². The fraction of sp³-hybridized carbons (Fsp3) is 0.105. The minimum Gasteiger partial charge on any atom is -0.324 e. The molecule has 0 radical (unpaired) electrons. The maximum Gasteiger partial charge on any atom is 0.347 e. The molecule has 8 nitrogen and oxygen atoms in total. The Morgan fingerprint density at radius 2 is 1.83 bits per heavy atom. The Bertz CT molecular complexity index is 1210. The summed E-state index contributed by atoms with van der Waals surface area (Å²) < 4.78 is 29.2. The fourth-order valence-corrected chi connectivity index (χ4v) is 4.01. The molecule has 0 aliphatic rings. The van der Waals surface area contributed by atoms with Gasteiger partial charge >= 0.3 is 5.69 Å². The van der Waals surface area contributed by atoms with E-state index in [1.807, 2.05) is 0 Å². The minimum absolute atomic E-state index is 0.0174. The average Bonchev–Trinajstić information content (AvgIpc) is 2.67. The molecule has 1 heterocycles. The van der Waals surface area contributed by atoms with Crippen LogP contribution in [0.1, 0.15) is 5.56 Å². The van der Waals surface area contributed by atoms with Gasteiger partial charge in [0, 0.05) is 28.8 Å². The highest BCUT2D eigenvalue weighted by atomic mass is 35.5. The Morgan fingerprint density at radius 3 is 2.52 bits per heavy atom. The van der Waals surface area contributed by atoms with Crippen molar-refractivity contribution >= 4 is 38.9 Å². The van der Waals surface area contributed by atoms with E-state index in [2.05, 4.69) is 15.0 Å². The third-order valence-corrected chi connectivity index (χ3v) is 5.73. The highest BCUT2D eigenvalue weighted by Gasteiger charge is 2.18. The number of aryl methyl sites for hydroxylation is 1. The van der Waals surface area contributed by atoms with Crippen LogP contribution in [0.15, 0.2) is 70.6 Å². The quantitative estimate of drug-likeness (QED) is 0.622. The van der Waals surface area contributed by atoms with E-state index < -0.39 is 21.6 Å². The lowest BCUT2D eigenvalue weighted by Gasteiger charge is -2.13. The SMILES string of the molecule is Cc1ccc(NC(=O)Cn2cccnc2=O)cc1S(=O)(=O)Nc1ccc(Cl)cc1. The number of nitrogens with one attached hydrogen (secondary N) is 2. The van der Waals surface area contributed by atoms with Gasteiger partial charge in [-0.05, 0) is 55.0 Å². The van der Waals surface area contributed by atoms with E-state index in [4.69, 9.17) is 11.6 Å². The molecule has 0 bridgehead atoms. The number of rotatable bonds is 6. The van der Waals surface area contributed by atoms with Crippen LogP contribution in [0.2, 0.25) is 5.02 Å². The minimum atomic E-state index is -3.89. The summed E-state index contributed by atoms with van der Waals surface area (Å²) in [7, 11) is -3.89. The Morgan fingerprint density at radius 1 is 1.14 bits per heavy atom. The van der Waals surface area contributed by atoms with Crippen molar-refractivity contribution in [2.45, 2.75) is 18.4 Å². The molecule has 1 amide bonds. The number of hydrogen-bond donors (Lipinski definition) is 2. The van der Waals surface area contributed by atoms with Crippen LogP contribution >= 0.6 is 11.6 Å². The summed E-state index contributed by atoms with van der Waals surface area (Å²) in [5.41, 5.74) is 0.600. The van der Waals surface area contributed by atoms with Gasteiger partial charge in [-0.3, -0.25) is 14.1 Å². The summed E-state index contributed by atoms with van der Waals surface area (Å²) >= 11 is 5.82. The fourth-order valence-electron chi connectivity index (χ4n) is 2.56. The molecule has 0 saturated heterocycles. The predicted molar refractivity (Wildman–Crippen MR) is 111 cm³/mol. The second kappa shape index (κ2) is 8.46. The van der Waals surface area contributed by atoms with E-state index in [-0.39, 0.29) is 17.1 Å². The van der Waals surface area contributed by atoms with Crippen molar-refractivity contribution in [3.05, 3.63) is 82.0 Å². The lowest BCUT2D eigenvalue weighted by atomic mass is 10.2. The number of hydrogen-bond acceptors (Lipinski definition) is 5. The first-order valence-corrected chi connectivity index (χ1v) is 10.3. The standard InChI is InChI=1S/C19H17ClN4O4S/c1-13-3-6-16(22-18(25)12-24-10-2-9-21-19(24)26)11-17(13)29(27,28)23-15-7-4-14(20)5-8-15/h2-11,23H,12H2,1H3,(H,22,25). The first-order chi connectivity index (χ1) is 13.7. The largest absolute Gasteiger partial charge is 0.347 e. The molecule has 2 N–H and O–H groups in total. The second-order valence-electron chi connectivity index (χ2n) is 6.17. The lowest BCUT2D eigenvalue weighted by molar-refractivity contribution is -0.116. The summed E-state index contributed by atoms with van der Waals surface area (Å²) in [6.07, 6.45) is 2.78. The van der Waals surface area contributed by atoms with Crippen molar-refractivity contribution in [3.8, 4) is 0 Å². The van der Waals surface area contributed by atoms with E-state index in [1.165, 1.54) is 24.5 Å². The molecule has 0 spiro atoms. The lowest BCUT2D eigenvalue weighted by Crippen LogP contribution is -2.28. The Balaban J connectivity index is 1.80. The van der Waals surface area contributed by atoms with Crippen LogP contribution < -0.4 is 15.7 Å². The second-order valence-corrected chi connectivity index (χ2v) is 8.26. The molecule has 0 fully saturated rings. The number of benzene rings is 2. The Hall–Kier alpha value is -3.17. The summed E-state index contributed by atoms with van der Waals surface area (Å²) in [4.78, 5) is 27.4. The Labute approximate surface area is 172 Å². The van der Waals surface area contributed by atoms with Crippen molar-refractivity contribution in [1.29, 1.82) is 0 Å². The van der Waals surface area contributed by atoms with Crippen molar-refractivity contribution < 1.29 is 13.2 Å². The van der Waals surface area contributed by atoms with Gasteiger partial charge in [0.25, 0.3) is 10.0 Å². The van der Waals surface area contributed by atoms with E-state index in [9.17, 15) is 18.0 Å². The molecule has 10 heteroatoms. The molecule has 150 valence electrons. The van der Waals surface area contributed by atoms with Crippen molar-refractivity contribution in [1.82, 2.24) is 9.55 Å². The highest BCUT2D eigenvalue weighted by Crippen LogP contribution is 2.23. The maximum atomic E-state index is 12.8. The maximum absolute atomic E-state index is 12.8. The van der Waals surface area contributed by atoms with Gasteiger partial charge in [0.15, 0.2) is 0 Å². The Kier molecular flexibility index (Phi) is 6.00. The molecule has 0 saturated carbocycles. The number of amides is 1. The first-order valence-electron chi connectivity index (χ1n) is 8.45. The van der Waals surface area contributed by atoms with E-state index in [0.29, 0.717) is 16.3 Å². The molecule has 2 aromatic carbocycles. The number of carbonyl (C=O) groups excluding carboxylic acids is 1. The van der Waals surface area contributed by atoms with Gasteiger partial charge in [-0.15, -0.1) is 0 Å². The molecule has 0 aliphatic carbocycles. The van der Waals surface area contributed by atoms with Crippen LogP contribution in [-0.2, 0) is 21.4 Å². The number of sulfonamides is 1. The van der Waals surface area contributed by atoms with Crippen LogP contribution in [0.25, 0.3) is 0 Å². The summed E-state index contributed by atoms with van der Waals surface area (Å²) in [6.45, 7) is 1.41. The van der Waals surface area contributed by atoms with Gasteiger partial charge in [0.1, 0.15) is 6.54 Å². The van der Waals surface area contributed by atoms with E-state index in [1.54, 1.807) is 43.3 Å². The first kappa shape index (κ1) is 20.6. The van der Waals surface area contributed by atoms with E-state index >= 15 is 0 Å². The van der Waals surface area contributed by atoms with Crippen LogP contribution in [0.5, 0.6) is 0 Å². The van der Waals surface area contributed by atoms with Gasteiger partial charge in [0.2, 0.25) is 5.91 Å². The molecule has 1 aromatic heterocycles. The average molecular weight is 433 g/mol. The van der Waals surface area contributed by atoms with Crippen LogP contribution in [0.3, 0.4) is 0 Å². The number of aromatic nitrogens is 2. The molecule has 3 aromatic rings. The van der Waals surface area contributed by atoms with Crippen molar-refractivity contribution in [2.24, 2.45) is 0 Å². The number of nitrogens with zero attached hydrogens (tertiary/aromatic N) is 2. The number of anilines is 2. The number of halogens is 1. The summed E-state index contributed by atoms with van der Waals surface area (Å²) in [5.74, 6) is -0.488. The molecular weight excluding hydrogens is 416 g/mol. The zero-order valence-corrected chi connectivity index (χ0v) is 16.9. The predicted octanol–water partition coefficient (Wildman–Crippen LogP) is 2.64. The van der Waals surface area contributed by atoms with Gasteiger partial charge < -0.3 is 5.32 Å². The van der Waals surface area contributed by atoms with Crippen LogP contribution in [0, 0.1) is 6.92 Å². The van der Waals surface area contributed by atoms with Crippen molar-refractivity contribution in [3.63, 3.8) is 0 Å². The highest BCUT2D eigenvalue weighted by molar-refractivity contribution is 7.92. The van der Waals surface area contributed by atoms with Gasteiger partial charge in [-0.25, -0.2) is 18.2 Å². The topological polar surface area (TPSA) is 110 Å². The molecule has 0 atom stereocenters. The molecule has 29 heavy (non-hydrogen) atoms. The van der Waals surface area contributed by atoms with Crippen molar-refractivity contribution in [2.75, 3.05) is 10.0 Å². The molecular formula is C19H17ClN4O4S. The van der Waals surface area contributed by atoms with Gasteiger partial charge in [0.05, 0.1) is 4.90 Å². The summed E-state index contributed by atoms with van der Waals surface area (Å²) in [5, 5.41) is 3.08. The monoisotopic (exact) mass is 432 g/mol. The third kappa shape index (κ3) is 5.21. The third-order valence-electron chi connectivity index (χ3n) is 3.95. The molecule has 0 aliphatic heterocycles. The summed E-state index contributed by atoms with van der Waals surface area (Å²) in [6, 6.07) is 12.3. The number of carbonyl (C=O) groups is 1. The van der Waals surface area contributed by atoms with Gasteiger partial charge in [-0.1, -0.05) is 17.7 Å². The van der Waals surface area contributed by atoms with Gasteiger partial charge in [-0.2, -0.15) is 0 Å². The van der Waals surface area contributed by atoms with Crippen LogP contribution in [0.4, 0.5) is 11.4 Å². The molecule has 0 unspecified atom stereocenters. The zero-order valence-electron chi connectivity index (χ0n) is 15.3. The molecule has 3 rings (SSSR count). The smallest absolute Gasteiger partial charge is 0.324 e. The zero-order chi connectivity index (χ0) is 21.0.